The first-order chi connectivity index (χ1) is 9.99. The van der Waals surface area contributed by atoms with Crippen LogP contribution in [0.1, 0.15) is 30.5 Å². The summed E-state index contributed by atoms with van der Waals surface area (Å²) < 4.78 is 18.1. The van der Waals surface area contributed by atoms with Crippen molar-refractivity contribution in [2.24, 2.45) is 0 Å². The molecule has 6 heteroatoms. The van der Waals surface area contributed by atoms with Crippen molar-refractivity contribution in [1.29, 1.82) is 0 Å². The Morgan fingerprint density at radius 2 is 2.24 bits per heavy atom. The zero-order valence-corrected chi connectivity index (χ0v) is 13.0. The number of hydrogen-bond donors (Lipinski definition) is 1. The molecule has 0 spiro atoms. The summed E-state index contributed by atoms with van der Waals surface area (Å²) in [6.45, 7) is 4.12. The van der Waals surface area contributed by atoms with Gasteiger partial charge in [0.2, 0.25) is 5.91 Å². The standard InChI is InChI=1S/C15H17FN2O2S/c1-9(2)15-17-11(8-21-15)7-14(19)18-12-5-4-10(16)6-13(12)20-3/h4-6,8-9H,7H2,1-3H3,(H,18,19). The second-order valence-corrected chi connectivity index (χ2v) is 5.79. The van der Waals surface area contributed by atoms with E-state index in [1.54, 1.807) is 11.3 Å². The number of anilines is 1. The van der Waals surface area contributed by atoms with Crippen LogP contribution in [0, 0.1) is 5.82 Å². The Hall–Kier alpha value is -1.95. The Morgan fingerprint density at radius 3 is 2.86 bits per heavy atom. The number of benzene rings is 1. The Morgan fingerprint density at radius 1 is 1.48 bits per heavy atom. The number of aromatic nitrogens is 1. The Labute approximate surface area is 127 Å². The highest BCUT2D eigenvalue weighted by atomic mass is 32.1. The molecule has 1 aromatic heterocycles. The number of halogens is 1. The number of carbonyl (C=O) groups excluding carboxylic acids is 1. The lowest BCUT2D eigenvalue weighted by Crippen LogP contribution is -2.15. The van der Waals surface area contributed by atoms with E-state index >= 15 is 0 Å². The summed E-state index contributed by atoms with van der Waals surface area (Å²) in [6, 6.07) is 3.99. The lowest BCUT2D eigenvalue weighted by molar-refractivity contribution is -0.115. The van der Waals surface area contributed by atoms with Gasteiger partial charge in [-0.1, -0.05) is 13.8 Å². The number of amides is 1. The fourth-order valence-corrected chi connectivity index (χ4v) is 2.63. The number of nitrogens with one attached hydrogen (secondary N) is 1. The minimum absolute atomic E-state index is 0.184. The quantitative estimate of drug-likeness (QED) is 0.918. The van der Waals surface area contributed by atoms with Crippen molar-refractivity contribution in [3.05, 3.63) is 40.1 Å². The van der Waals surface area contributed by atoms with E-state index in [-0.39, 0.29) is 12.3 Å². The lowest BCUT2D eigenvalue weighted by Gasteiger charge is -2.09. The van der Waals surface area contributed by atoms with Gasteiger partial charge in [0.15, 0.2) is 0 Å². The van der Waals surface area contributed by atoms with Gasteiger partial charge in [-0.15, -0.1) is 11.3 Å². The number of rotatable bonds is 5. The van der Waals surface area contributed by atoms with E-state index in [1.165, 1.54) is 25.3 Å². The molecule has 0 fully saturated rings. The number of carbonyl (C=O) groups is 1. The van der Waals surface area contributed by atoms with Crippen molar-refractivity contribution < 1.29 is 13.9 Å². The number of nitrogens with zero attached hydrogens (tertiary/aromatic N) is 1. The van der Waals surface area contributed by atoms with Gasteiger partial charge in [-0.05, 0) is 12.1 Å². The smallest absolute Gasteiger partial charge is 0.230 e. The van der Waals surface area contributed by atoms with Crippen molar-refractivity contribution in [3.8, 4) is 5.75 Å². The van der Waals surface area contributed by atoms with E-state index in [1.807, 2.05) is 5.38 Å². The van der Waals surface area contributed by atoms with Crippen LogP contribution in [-0.4, -0.2) is 18.0 Å². The molecule has 1 amide bonds. The van der Waals surface area contributed by atoms with Crippen LogP contribution >= 0.6 is 11.3 Å². The predicted molar refractivity (Wildman–Crippen MR) is 81.5 cm³/mol. The van der Waals surface area contributed by atoms with E-state index in [0.29, 0.717) is 17.4 Å². The van der Waals surface area contributed by atoms with Gasteiger partial charge < -0.3 is 10.1 Å². The Kier molecular flexibility index (Phi) is 4.90. The highest BCUT2D eigenvalue weighted by molar-refractivity contribution is 7.09. The number of ether oxygens (including phenoxy) is 1. The second-order valence-electron chi connectivity index (χ2n) is 4.90. The maximum absolute atomic E-state index is 13.1. The molecular weight excluding hydrogens is 291 g/mol. The molecule has 0 bridgehead atoms. The molecule has 0 radical (unpaired) electrons. The monoisotopic (exact) mass is 308 g/mol. The zero-order chi connectivity index (χ0) is 15.4. The van der Waals surface area contributed by atoms with E-state index in [0.717, 1.165) is 10.7 Å². The summed E-state index contributed by atoms with van der Waals surface area (Å²) in [5.41, 5.74) is 1.19. The zero-order valence-electron chi connectivity index (χ0n) is 12.1. The Balaban J connectivity index is 2.04. The largest absolute Gasteiger partial charge is 0.494 e. The molecular formula is C15H17FN2O2S. The maximum Gasteiger partial charge on any atom is 0.230 e. The number of methoxy groups -OCH3 is 1. The third-order valence-corrected chi connectivity index (χ3v) is 4.04. The fraction of sp³-hybridized carbons (Fsp3) is 0.333. The van der Waals surface area contributed by atoms with Gasteiger partial charge in [-0.3, -0.25) is 4.79 Å². The third-order valence-electron chi connectivity index (χ3n) is 2.84. The molecule has 4 nitrogen and oxygen atoms in total. The first-order valence-electron chi connectivity index (χ1n) is 6.57. The normalized spacial score (nSPS) is 10.7. The molecule has 0 aliphatic carbocycles. The van der Waals surface area contributed by atoms with Crippen LogP contribution in [-0.2, 0) is 11.2 Å². The molecule has 0 aliphatic heterocycles. The van der Waals surface area contributed by atoms with Crippen molar-refractivity contribution in [2.45, 2.75) is 26.2 Å². The minimum atomic E-state index is -0.411. The van der Waals surface area contributed by atoms with Crippen LogP contribution in [0.5, 0.6) is 5.75 Å². The summed E-state index contributed by atoms with van der Waals surface area (Å²) >= 11 is 1.55. The summed E-state index contributed by atoms with van der Waals surface area (Å²) in [4.78, 5) is 16.4. The van der Waals surface area contributed by atoms with E-state index in [9.17, 15) is 9.18 Å². The van der Waals surface area contributed by atoms with Crippen molar-refractivity contribution in [3.63, 3.8) is 0 Å². The molecule has 1 heterocycles. The Bertz CT molecular complexity index is 640. The van der Waals surface area contributed by atoms with Gasteiger partial charge in [0.05, 0.1) is 29.9 Å². The summed E-state index contributed by atoms with van der Waals surface area (Å²) in [7, 11) is 1.43. The molecule has 1 N–H and O–H groups in total. The number of thiazole rings is 1. The predicted octanol–water partition coefficient (Wildman–Crippen LogP) is 3.60. The topological polar surface area (TPSA) is 51.2 Å². The van der Waals surface area contributed by atoms with E-state index in [2.05, 4.69) is 24.1 Å². The molecule has 0 saturated heterocycles. The summed E-state index contributed by atoms with van der Waals surface area (Å²) in [6.07, 6.45) is 0.184. The average molecular weight is 308 g/mol. The highest BCUT2D eigenvalue weighted by Gasteiger charge is 2.12. The van der Waals surface area contributed by atoms with Gasteiger partial charge >= 0.3 is 0 Å². The van der Waals surface area contributed by atoms with Gasteiger partial charge in [-0.25, -0.2) is 9.37 Å². The molecule has 1 aromatic carbocycles. The first kappa shape index (κ1) is 15.4. The van der Waals surface area contributed by atoms with Crippen LogP contribution in [0.15, 0.2) is 23.6 Å². The molecule has 0 saturated carbocycles. The van der Waals surface area contributed by atoms with Crippen molar-refractivity contribution >= 4 is 22.9 Å². The van der Waals surface area contributed by atoms with Crippen molar-refractivity contribution in [2.75, 3.05) is 12.4 Å². The van der Waals surface area contributed by atoms with Crippen LogP contribution < -0.4 is 10.1 Å². The molecule has 0 atom stereocenters. The number of hydrogen-bond acceptors (Lipinski definition) is 4. The van der Waals surface area contributed by atoms with Crippen LogP contribution in [0.4, 0.5) is 10.1 Å². The maximum atomic E-state index is 13.1. The van der Waals surface area contributed by atoms with E-state index in [4.69, 9.17) is 4.74 Å². The highest BCUT2D eigenvalue weighted by Crippen LogP contribution is 2.25. The van der Waals surface area contributed by atoms with Gasteiger partial charge in [0, 0.05) is 17.4 Å². The summed E-state index contributed by atoms with van der Waals surface area (Å²) in [5, 5.41) is 5.61. The SMILES string of the molecule is COc1cc(F)ccc1NC(=O)Cc1csc(C(C)C)n1. The van der Waals surface area contributed by atoms with Crippen LogP contribution in [0.25, 0.3) is 0 Å². The fourth-order valence-electron chi connectivity index (χ4n) is 1.80. The molecule has 112 valence electrons. The van der Waals surface area contributed by atoms with Crippen LogP contribution in [0.3, 0.4) is 0 Å². The average Bonchev–Trinajstić information content (AvgIpc) is 2.89. The molecule has 0 unspecified atom stereocenters. The molecule has 2 rings (SSSR count). The van der Waals surface area contributed by atoms with Gasteiger partial charge in [0.25, 0.3) is 0 Å². The minimum Gasteiger partial charge on any atom is -0.494 e. The lowest BCUT2D eigenvalue weighted by atomic mass is 10.2. The van der Waals surface area contributed by atoms with Gasteiger partial charge in [0.1, 0.15) is 11.6 Å². The summed E-state index contributed by atoms with van der Waals surface area (Å²) in [5.74, 6) is 0.0277. The molecule has 2 aromatic rings. The third kappa shape index (κ3) is 4.01. The second kappa shape index (κ2) is 6.67. The first-order valence-corrected chi connectivity index (χ1v) is 7.45. The molecule has 21 heavy (non-hydrogen) atoms. The van der Waals surface area contributed by atoms with E-state index < -0.39 is 5.82 Å². The van der Waals surface area contributed by atoms with Crippen LogP contribution in [0.2, 0.25) is 0 Å². The van der Waals surface area contributed by atoms with Gasteiger partial charge in [-0.2, -0.15) is 0 Å². The molecule has 0 aliphatic rings. The van der Waals surface area contributed by atoms with Crippen molar-refractivity contribution in [1.82, 2.24) is 4.98 Å².